The van der Waals surface area contributed by atoms with Crippen LogP contribution in [-0.2, 0) is 14.3 Å². The minimum Gasteiger partial charge on any atom is -0.473 e. The zero-order valence-corrected chi connectivity index (χ0v) is 11.2. The molecule has 0 bridgehead atoms. The van der Waals surface area contributed by atoms with Crippen LogP contribution in [-0.4, -0.2) is 18.5 Å². The van der Waals surface area contributed by atoms with Crippen LogP contribution in [0.5, 0.6) is 0 Å². The molecular formula is C15H15N3O3. The summed E-state index contributed by atoms with van der Waals surface area (Å²) in [7, 11) is 0. The number of hydrogen-bond acceptors (Lipinski definition) is 5. The number of rotatable bonds is 1. The minimum atomic E-state index is -0.558. The van der Waals surface area contributed by atoms with Gasteiger partial charge in [-0.05, 0) is 24.3 Å². The van der Waals surface area contributed by atoms with Gasteiger partial charge in [0, 0.05) is 24.2 Å². The van der Waals surface area contributed by atoms with Crippen LogP contribution in [0.4, 0.5) is 0 Å². The first-order chi connectivity index (χ1) is 10.3. The van der Waals surface area contributed by atoms with E-state index in [4.69, 9.17) is 15.2 Å². The van der Waals surface area contributed by atoms with Crippen molar-refractivity contribution in [2.75, 3.05) is 0 Å². The lowest BCUT2D eigenvalue weighted by atomic mass is 10.2. The van der Waals surface area contributed by atoms with Crippen molar-refractivity contribution in [3.63, 3.8) is 0 Å². The second-order valence-corrected chi connectivity index (χ2v) is 3.45. The fraction of sp³-hybridized carbons (Fsp3) is 0. The third-order valence-electron chi connectivity index (χ3n) is 1.96. The maximum absolute atomic E-state index is 11.2. The number of hydrogen-bond donors (Lipinski definition) is 1. The number of nitrogens with zero attached hydrogens (tertiary/aromatic N) is 2. The molecule has 0 radical (unpaired) electrons. The topological polar surface area (TPSA) is 86.3 Å². The number of primary amides is 1. The minimum absolute atomic E-state index is 0.299. The highest BCUT2D eigenvalue weighted by Crippen LogP contribution is 1.98. The standard InChI is InChI=1S/C15H15N3O3/c16-15(19)14-5-2-1-3-10-21-13-18-9-8-17-7-4-11-20-12-6-14/h1-13H,(H2,16,19). The second-order valence-electron chi connectivity index (χ2n) is 3.45. The lowest BCUT2D eigenvalue weighted by Crippen LogP contribution is -2.12. The molecule has 0 fully saturated rings. The first-order valence-electron chi connectivity index (χ1n) is 5.96. The van der Waals surface area contributed by atoms with Crippen LogP contribution in [0, 0.1) is 0 Å². The maximum Gasteiger partial charge on any atom is 0.248 e. The van der Waals surface area contributed by atoms with Crippen LogP contribution in [0.3, 0.4) is 0 Å². The van der Waals surface area contributed by atoms with Gasteiger partial charge in [-0.3, -0.25) is 9.79 Å². The van der Waals surface area contributed by atoms with Gasteiger partial charge in [0.2, 0.25) is 5.91 Å². The van der Waals surface area contributed by atoms with Gasteiger partial charge in [0.15, 0.2) is 6.40 Å². The zero-order valence-electron chi connectivity index (χ0n) is 11.2. The smallest absolute Gasteiger partial charge is 0.248 e. The molecule has 6 heteroatoms. The van der Waals surface area contributed by atoms with Gasteiger partial charge in [-0.25, -0.2) is 4.99 Å². The molecule has 0 saturated carbocycles. The van der Waals surface area contributed by atoms with E-state index in [1.165, 1.54) is 49.9 Å². The van der Waals surface area contributed by atoms with Crippen LogP contribution >= 0.6 is 0 Å². The quantitative estimate of drug-likeness (QED) is 0.800. The summed E-state index contributed by atoms with van der Waals surface area (Å²) in [5.41, 5.74) is 5.53. The van der Waals surface area contributed by atoms with E-state index in [0.717, 1.165) is 0 Å². The largest absolute Gasteiger partial charge is 0.473 e. The molecule has 1 aliphatic heterocycles. The van der Waals surface area contributed by atoms with Crippen molar-refractivity contribution >= 4 is 18.5 Å². The molecule has 1 aliphatic rings. The molecule has 0 aromatic rings. The summed E-state index contributed by atoms with van der Waals surface area (Å²) < 4.78 is 10.0. The Morgan fingerprint density at radius 3 is 2.62 bits per heavy atom. The molecule has 0 unspecified atom stereocenters. The molecule has 1 amide bonds. The van der Waals surface area contributed by atoms with E-state index in [9.17, 15) is 4.79 Å². The van der Waals surface area contributed by atoms with Crippen LogP contribution < -0.4 is 5.73 Å². The van der Waals surface area contributed by atoms with E-state index in [1.54, 1.807) is 30.4 Å². The maximum atomic E-state index is 11.2. The Morgan fingerprint density at radius 2 is 1.76 bits per heavy atom. The predicted molar refractivity (Wildman–Crippen MR) is 82.1 cm³/mol. The summed E-state index contributed by atoms with van der Waals surface area (Å²) >= 11 is 0. The molecule has 0 spiro atoms. The van der Waals surface area contributed by atoms with Gasteiger partial charge in [0.05, 0.1) is 18.8 Å². The number of nitrogens with two attached hydrogens (primary N) is 1. The van der Waals surface area contributed by atoms with Gasteiger partial charge >= 0.3 is 0 Å². The summed E-state index contributed by atoms with van der Waals surface area (Å²) in [5.74, 6) is -0.558. The van der Waals surface area contributed by atoms with Crippen LogP contribution in [0.2, 0.25) is 0 Å². The zero-order chi connectivity index (χ0) is 15.2. The van der Waals surface area contributed by atoms with Crippen molar-refractivity contribution in [1.29, 1.82) is 0 Å². The first-order valence-corrected chi connectivity index (χ1v) is 5.96. The molecule has 2 N–H and O–H groups in total. The lowest BCUT2D eigenvalue weighted by molar-refractivity contribution is -0.114. The molecule has 0 aliphatic carbocycles. The van der Waals surface area contributed by atoms with Gasteiger partial charge in [0.1, 0.15) is 0 Å². The molecule has 0 aromatic carbocycles. The van der Waals surface area contributed by atoms with Crippen molar-refractivity contribution in [3.05, 3.63) is 73.2 Å². The van der Waals surface area contributed by atoms with Gasteiger partial charge in [-0.1, -0.05) is 12.2 Å². The van der Waals surface area contributed by atoms with E-state index in [0.29, 0.717) is 5.57 Å². The summed E-state index contributed by atoms with van der Waals surface area (Å²) in [5, 5.41) is 0. The van der Waals surface area contributed by atoms with Crippen molar-refractivity contribution in [2.24, 2.45) is 15.7 Å². The van der Waals surface area contributed by atoms with Gasteiger partial charge in [-0.15, -0.1) is 0 Å². The third-order valence-corrected chi connectivity index (χ3v) is 1.96. The molecule has 1 heterocycles. The van der Waals surface area contributed by atoms with Crippen molar-refractivity contribution < 1.29 is 14.3 Å². The Balaban J connectivity index is 2.81. The average Bonchev–Trinajstić information content (AvgIpc) is 2.47. The van der Waals surface area contributed by atoms with Crippen LogP contribution in [0.1, 0.15) is 0 Å². The highest BCUT2D eigenvalue weighted by molar-refractivity contribution is 5.95. The number of aliphatic imine (C=N–C) groups is 2. The van der Waals surface area contributed by atoms with E-state index in [-0.39, 0.29) is 0 Å². The fourth-order valence-electron chi connectivity index (χ4n) is 1.05. The average molecular weight is 285 g/mol. The highest BCUT2D eigenvalue weighted by Gasteiger charge is 1.97. The van der Waals surface area contributed by atoms with E-state index in [1.807, 2.05) is 0 Å². The Kier molecular flexibility index (Phi) is 8.14. The number of amides is 1. The summed E-state index contributed by atoms with van der Waals surface area (Å²) in [6.45, 7) is 0. The molecule has 6 nitrogen and oxygen atoms in total. The van der Waals surface area contributed by atoms with Crippen molar-refractivity contribution in [1.82, 2.24) is 0 Å². The number of allylic oxidation sites excluding steroid dienone is 5. The Morgan fingerprint density at radius 1 is 0.952 bits per heavy atom. The molecule has 0 saturated heterocycles. The normalized spacial score (nSPS) is 15.7. The number of ether oxygens (including phenoxy) is 2. The van der Waals surface area contributed by atoms with Gasteiger partial charge < -0.3 is 15.2 Å². The highest BCUT2D eigenvalue weighted by atomic mass is 16.5. The first kappa shape index (κ1) is 15.9. The van der Waals surface area contributed by atoms with Gasteiger partial charge in [-0.2, -0.15) is 0 Å². The lowest BCUT2D eigenvalue weighted by Gasteiger charge is -1.93. The molecule has 0 atom stereocenters. The summed E-state index contributed by atoms with van der Waals surface area (Å²) in [4.78, 5) is 18.9. The van der Waals surface area contributed by atoms with Crippen LogP contribution in [0.15, 0.2) is 83.2 Å². The van der Waals surface area contributed by atoms with Crippen molar-refractivity contribution in [3.8, 4) is 0 Å². The second kappa shape index (κ2) is 10.7. The van der Waals surface area contributed by atoms with E-state index >= 15 is 0 Å². The van der Waals surface area contributed by atoms with Crippen molar-refractivity contribution in [2.45, 2.75) is 0 Å². The van der Waals surface area contributed by atoms with E-state index < -0.39 is 5.91 Å². The SMILES string of the molecule is NC(=O)C1=CC=CC=COC=NC=CN=CC=COC=C1. The molecule has 108 valence electrons. The predicted octanol–water partition coefficient (Wildman–Crippen LogP) is 2.11. The fourth-order valence-corrected chi connectivity index (χ4v) is 1.05. The molecule has 0 aromatic heterocycles. The van der Waals surface area contributed by atoms with Crippen LogP contribution in [0.25, 0.3) is 0 Å². The van der Waals surface area contributed by atoms with E-state index in [2.05, 4.69) is 9.98 Å². The monoisotopic (exact) mass is 285 g/mol. The summed E-state index contributed by atoms with van der Waals surface area (Å²) in [6, 6.07) is 0. The third kappa shape index (κ3) is 8.55. The van der Waals surface area contributed by atoms with Gasteiger partial charge in [0.25, 0.3) is 0 Å². The molecule has 1 rings (SSSR count). The number of carbonyl (C=O) groups is 1. The molecular weight excluding hydrogens is 270 g/mol. The Bertz CT molecular complexity index is 565. The summed E-state index contributed by atoms with van der Waals surface area (Å²) in [6.07, 6.45) is 19.5. The molecule has 21 heavy (non-hydrogen) atoms. The number of carbonyl (C=O) groups excluding carboxylic acids is 1. The Hall–Kier alpha value is -3.15. The Labute approximate surface area is 122 Å².